The van der Waals surface area contributed by atoms with Crippen LogP contribution in [0, 0.1) is 5.82 Å². The molecule has 1 N–H and O–H groups in total. The van der Waals surface area contributed by atoms with Crippen molar-refractivity contribution < 1.29 is 13.6 Å². The molecule has 3 aromatic carbocycles. The number of halogens is 1. The van der Waals surface area contributed by atoms with Crippen LogP contribution in [0.5, 0.6) is 0 Å². The van der Waals surface area contributed by atoms with E-state index in [0.717, 1.165) is 11.1 Å². The predicted molar refractivity (Wildman–Crippen MR) is 99.1 cm³/mol. The Bertz CT molecular complexity index is 1120. The predicted octanol–water partition coefficient (Wildman–Crippen LogP) is 5.26. The first kappa shape index (κ1) is 16.0. The molecule has 128 valence electrons. The second kappa shape index (κ2) is 6.44. The molecule has 0 bridgehead atoms. The van der Waals surface area contributed by atoms with Crippen molar-refractivity contribution in [2.75, 3.05) is 5.32 Å². The molecule has 1 amide bonds. The molecule has 0 fully saturated rings. The molecule has 0 atom stereocenters. The monoisotopic (exact) mass is 346 g/mol. The van der Waals surface area contributed by atoms with Crippen LogP contribution in [0.25, 0.3) is 33.7 Å². The largest absolute Gasteiger partial charge is 0.436 e. The lowest BCUT2D eigenvalue weighted by atomic mass is 10.1. The molecule has 0 saturated heterocycles. The third-order valence-corrected chi connectivity index (χ3v) is 4.00. The second-order valence-corrected chi connectivity index (χ2v) is 5.94. The first-order valence-corrected chi connectivity index (χ1v) is 8.14. The van der Waals surface area contributed by atoms with Crippen molar-refractivity contribution in [3.05, 3.63) is 72.5 Å². The normalized spacial score (nSPS) is 10.8. The minimum atomic E-state index is -0.283. The molecule has 0 spiro atoms. The van der Waals surface area contributed by atoms with Gasteiger partial charge in [0.1, 0.15) is 11.3 Å². The second-order valence-electron chi connectivity index (χ2n) is 5.94. The Morgan fingerprint density at radius 3 is 2.65 bits per heavy atom. The van der Waals surface area contributed by atoms with E-state index in [1.165, 1.54) is 13.0 Å². The maximum absolute atomic E-state index is 14.0. The summed E-state index contributed by atoms with van der Waals surface area (Å²) in [6.45, 7) is 1.45. The third kappa shape index (κ3) is 3.07. The fourth-order valence-electron chi connectivity index (χ4n) is 2.84. The van der Waals surface area contributed by atoms with Crippen LogP contribution in [0.3, 0.4) is 0 Å². The van der Waals surface area contributed by atoms with Crippen LogP contribution in [-0.4, -0.2) is 10.9 Å². The summed E-state index contributed by atoms with van der Waals surface area (Å²) >= 11 is 0. The van der Waals surface area contributed by atoms with Crippen molar-refractivity contribution in [1.82, 2.24) is 4.98 Å². The summed E-state index contributed by atoms with van der Waals surface area (Å²) in [5.41, 5.74) is 3.92. The highest BCUT2D eigenvalue weighted by Crippen LogP contribution is 2.30. The first-order chi connectivity index (χ1) is 12.6. The van der Waals surface area contributed by atoms with Gasteiger partial charge >= 0.3 is 0 Å². The molecule has 1 heterocycles. The number of carbonyl (C=O) groups is 1. The standard InChI is InChI=1S/C21H15FN2O2/c1-13(25)23-16-6-4-5-15(11-16)21-24-19-10-9-14(12-20(19)26-21)17-7-2-3-8-18(17)22/h2-12H,1H3,(H,23,25). The van der Waals surface area contributed by atoms with Gasteiger partial charge in [0.15, 0.2) is 5.58 Å². The number of hydrogen-bond donors (Lipinski definition) is 1. The van der Waals surface area contributed by atoms with Crippen molar-refractivity contribution in [1.29, 1.82) is 0 Å². The van der Waals surface area contributed by atoms with Gasteiger partial charge in [0.05, 0.1) is 0 Å². The Kier molecular flexibility index (Phi) is 3.97. The minimum absolute atomic E-state index is 0.144. The Morgan fingerprint density at radius 1 is 1.00 bits per heavy atom. The van der Waals surface area contributed by atoms with Crippen LogP contribution in [0.1, 0.15) is 6.92 Å². The molecule has 0 unspecified atom stereocenters. The Balaban J connectivity index is 1.75. The highest BCUT2D eigenvalue weighted by molar-refractivity contribution is 5.89. The molecule has 1 aromatic heterocycles. The average molecular weight is 346 g/mol. The van der Waals surface area contributed by atoms with E-state index in [2.05, 4.69) is 10.3 Å². The lowest BCUT2D eigenvalue weighted by molar-refractivity contribution is -0.114. The molecule has 0 aliphatic rings. The highest BCUT2D eigenvalue weighted by Gasteiger charge is 2.11. The van der Waals surface area contributed by atoms with Crippen LogP contribution in [-0.2, 0) is 4.79 Å². The molecule has 0 saturated carbocycles. The van der Waals surface area contributed by atoms with E-state index >= 15 is 0 Å². The molecule has 4 aromatic rings. The number of aromatic nitrogens is 1. The van der Waals surface area contributed by atoms with Crippen LogP contribution in [0.2, 0.25) is 0 Å². The van der Waals surface area contributed by atoms with E-state index in [4.69, 9.17) is 4.42 Å². The van der Waals surface area contributed by atoms with Crippen molar-refractivity contribution in [3.63, 3.8) is 0 Å². The molecule has 0 aliphatic carbocycles. The minimum Gasteiger partial charge on any atom is -0.436 e. The van der Waals surface area contributed by atoms with Gasteiger partial charge in [0.2, 0.25) is 11.8 Å². The maximum atomic E-state index is 14.0. The van der Waals surface area contributed by atoms with Gasteiger partial charge in [-0.15, -0.1) is 0 Å². The fourth-order valence-corrected chi connectivity index (χ4v) is 2.84. The molecule has 4 nitrogen and oxygen atoms in total. The van der Waals surface area contributed by atoms with Crippen LogP contribution in [0.4, 0.5) is 10.1 Å². The Labute approximate surface area is 149 Å². The maximum Gasteiger partial charge on any atom is 0.227 e. The van der Waals surface area contributed by atoms with Crippen molar-refractivity contribution in [3.8, 4) is 22.6 Å². The van der Waals surface area contributed by atoms with Crippen molar-refractivity contribution in [2.45, 2.75) is 6.92 Å². The summed E-state index contributed by atoms with van der Waals surface area (Å²) in [6, 6.07) is 19.3. The van der Waals surface area contributed by atoms with Crippen LogP contribution in [0.15, 0.2) is 71.1 Å². The number of carbonyl (C=O) groups excluding carboxylic acids is 1. The zero-order valence-electron chi connectivity index (χ0n) is 14.0. The van der Waals surface area contributed by atoms with Gasteiger partial charge in [-0.3, -0.25) is 4.79 Å². The van der Waals surface area contributed by atoms with E-state index in [-0.39, 0.29) is 11.7 Å². The summed E-state index contributed by atoms with van der Waals surface area (Å²) in [5.74, 6) is 0.0155. The summed E-state index contributed by atoms with van der Waals surface area (Å²) in [5, 5.41) is 2.74. The molecular formula is C21H15FN2O2. The zero-order chi connectivity index (χ0) is 18.1. The highest BCUT2D eigenvalue weighted by atomic mass is 19.1. The number of nitrogens with zero attached hydrogens (tertiary/aromatic N) is 1. The number of oxazole rings is 1. The molecule has 0 radical (unpaired) electrons. The van der Waals surface area contributed by atoms with Crippen LogP contribution < -0.4 is 5.32 Å². The molecule has 26 heavy (non-hydrogen) atoms. The molecule has 0 aliphatic heterocycles. The van der Waals surface area contributed by atoms with E-state index in [0.29, 0.717) is 28.2 Å². The van der Waals surface area contributed by atoms with E-state index in [1.54, 1.807) is 36.4 Å². The Hall–Kier alpha value is -3.47. The van der Waals surface area contributed by atoms with Crippen LogP contribution >= 0.6 is 0 Å². The lowest BCUT2D eigenvalue weighted by Crippen LogP contribution is -2.05. The van der Waals surface area contributed by atoms with Gasteiger partial charge in [-0.25, -0.2) is 9.37 Å². The Morgan fingerprint density at radius 2 is 1.85 bits per heavy atom. The van der Waals surface area contributed by atoms with Gasteiger partial charge < -0.3 is 9.73 Å². The van der Waals surface area contributed by atoms with Gasteiger partial charge in [-0.2, -0.15) is 0 Å². The number of hydrogen-bond acceptors (Lipinski definition) is 3. The van der Waals surface area contributed by atoms with Crippen molar-refractivity contribution in [2.24, 2.45) is 0 Å². The van der Waals surface area contributed by atoms with E-state index in [1.807, 2.05) is 24.3 Å². The first-order valence-electron chi connectivity index (χ1n) is 8.14. The SMILES string of the molecule is CC(=O)Nc1cccc(-c2nc3ccc(-c4ccccc4F)cc3o2)c1. The van der Waals surface area contributed by atoms with Crippen molar-refractivity contribution >= 4 is 22.7 Å². The quantitative estimate of drug-likeness (QED) is 0.550. The summed E-state index contributed by atoms with van der Waals surface area (Å²) in [4.78, 5) is 15.7. The topological polar surface area (TPSA) is 55.1 Å². The van der Waals surface area contributed by atoms with Gasteiger partial charge in [-0.1, -0.05) is 30.3 Å². The van der Waals surface area contributed by atoms with Gasteiger partial charge in [0.25, 0.3) is 0 Å². The number of nitrogens with one attached hydrogen (secondary N) is 1. The third-order valence-electron chi connectivity index (χ3n) is 4.00. The molecule has 4 rings (SSSR count). The number of rotatable bonds is 3. The summed E-state index contributed by atoms with van der Waals surface area (Å²) < 4.78 is 19.9. The number of amides is 1. The molecule has 5 heteroatoms. The lowest BCUT2D eigenvalue weighted by Gasteiger charge is -2.03. The number of anilines is 1. The van der Waals surface area contributed by atoms with E-state index < -0.39 is 0 Å². The molecular weight excluding hydrogens is 331 g/mol. The smallest absolute Gasteiger partial charge is 0.227 e. The summed E-state index contributed by atoms with van der Waals surface area (Å²) in [6.07, 6.45) is 0. The van der Waals surface area contributed by atoms with E-state index in [9.17, 15) is 9.18 Å². The number of benzene rings is 3. The average Bonchev–Trinajstić information content (AvgIpc) is 3.05. The number of fused-ring (bicyclic) bond motifs is 1. The van der Waals surface area contributed by atoms with Gasteiger partial charge in [0, 0.05) is 23.7 Å². The summed E-state index contributed by atoms with van der Waals surface area (Å²) in [7, 11) is 0. The fraction of sp³-hybridized carbons (Fsp3) is 0.0476. The van der Waals surface area contributed by atoms with Gasteiger partial charge in [-0.05, 0) is 42.0 Å². The zero-order valence-corrected chi connectivity index (χ0v) is 14.0.